The molecule has 0 fully saturated rings. The monoisotopic (exact) mass is 573 g/mol. The summed E-state index contributed by atoms with van der Waals surface area (Å²) in [5.41, 5.74) is 1.23. The van der Waals surface area contributed by atoms with Gasteiger partial charge in [0.05, 0.1) is 6.10 Å². The molecular weight excluding hydrogens is 500 g/mol. The predicted molar refractivity (Wildman–Crippen MR) is 182 cm³/mol. The molecule has 1 aromatic carbocycles. The molecule has 0 aliphatic rings. The normalized spacial score (nSPS) is 12.2. The van der Waals surface area contributed by atoms with Gasteiger partial charge in [0, 0.05) is 0 Å². The Kier molecular flexibility index (Phi) is 28.2. The largest absolute Gasteiger partial charge is 0.491 e. The van der Waals surface area contributed by atoms with Gasteiger partial charge in [-0.1, -0.05) is 204 Å². The molecule has 240 valence electrons. The van der Waals surface area contributed by atoms with Gasteiger partial charge in [-0.2, -0.15) is 0 Å². The third-order valence-corrected chi connectivity index (χ3v) is 8.85. The van der Waals surface area contributed by atoms with E-state index in [9.17, 15) is 5.11 Å². The summed E-state index contributed by atoms with van der Waals surface area (Å²) in [6, 6.07) is 8.05. The molecule has 1 rings (SSSR count). The zero-order valence-corrected chi connectivity index (χ0v) is 28.0. The minimum Gasteiger partial charge on any atom is -0.491 e. The lowest BCUT2D eigenvalue weighted by Gasteiger charge is -2.12. The van der Waals surface area contributed by atoms with Crippen LogP contribution in [0.15, 0.2) is 24.3 Å². The van der Waals surface area contributed by atoms with Crippen molar-refractivity contribution in [2.75, 3.05) is 6.61 Å². The third kappa shape index (κ3) is 27.6. The van der Waals surface area contributed by atoms with Crippen molar-refractivity contribution in [3.63, 3.8) is 0 Å². The van der Waals surface area contributed by atoms with Crippen LogP contribution in [0.25, 0.3) is 0 Å². The van der Waals surface area contributed by atoms with Gasteiger partial charge in [0.15, 0.2) is 0 Å². The molecule has 1 unspecified atom stereocenters. The van der Waals surface area contributed by atoms with Crippen LogP contribution in [-0.4, -0.2) is 17.8 Å². The molecule has 2 nitrogen and oxygen atoms in total. The summed E-state index contributed by atoms with van der Waals surface area (Å²) in [4.78, 5) is 0. The van der Waals surface area contributed by atoms with Gasteiger partial charge in [-0.3, -0.25) is 0 Å². The molecule has 1 N–H and O–H groups in total. The molecule has 0 spiro atoms. The van der Waals surface area contributed by atoms with E-state index < -0.39 is 0 Å². The fourth-order valence-corrected chi connectivity index (χ4v) is 5.96. The van der Waals surface area contributed by atoms with E-state index >= 15 is 0 Å². The van der Waals surface area contributed by atoms with Gasteiger partial charge < -0.3 is 9.84 Å². The van der Waals surface area contributed by atoms with Gasteiger partial charge in [-0.05, 0) is 25.5 Å². The van der Waals surface area contributed by atoms with Crippen molar-refractivity contribution in [2.24, 2.45) is 0 Å². The maximum Gasteiger partial charge on any atom is 0.119 e. The lowest BCUT2D eigenvalue weighted by Crippen LogP contribution is -2.17. The van der Waals surface area contributed by atoms with E-state index in [2.05, 4.69) is 13.8 Å². The Balaban J connectivity index is 1.67. The van der Waals surface area contributed by atoms with Crippen LogP contribution < -0.4 is 4.74 Å². The topological polar surface area (TPSA) is 29.5 Å². The van der Waals surface area contributed by atoms with Gasteiger partial charge in [-0.25, -0.2) is 0 Å². The SMILES string of the molecule is CCCCCCCCCCCCCCCCCCCCCCCCCCCCCCC(O)COc1ccc(C)cc1. The zero-order valence-electron chi connectivity index (χ0n) is 28.0. The van der Waals surface area contributed by atoms with E-state index in [1.54, 1.807) is 0 Å². The van der Waals surface area contributed by atoms with E-state index in [1.165, 1.54) is 179 Å². The molecule has 0 saturated heterocycles. The van der Waals surface area contributed by atoms with E-state index in [-0.39, 0.29) is 6.10 Å². The molecule has 0 aliphatic heterocycles. The second kappa shape index (κ2) is 30.4. The fourth-order valence-electron chi connectivity index (χ4n) is 5.96. The Morgan fingerprint density at radius 1 is 0.463 bits per heavy atom. The zero-order chi connectivity index (χ0) is 29.5. The van der Waals surface area contributed by atoms with Gasteiger partial charge in [0.1, 0.15) is 12.4 Å². The Bertz CT molecular complexity index is 625. The van der Waals surface area contributed by atoms with Gasteiger partial charge in [0.25, 0.3) is 0 Å². The Morgan fingerprint density at radius 3 is 1.07 bits per heavy atom. The van der Waals surface area contributed by atoms with E-state index in [1.807, 2.05) is 24.3 Å². The van der Waals surface area contributed by atoms with Gasteiger partial charge in [-0.15, -0.1) is 0 Å². The van der Waals surface area contributed by atoms with Gasteiger partial charge >= 0.3 is 0 Å². The van der Waals surface area contributed by atoms with Crippen LogP contribution in [0.2, 0.25) is 0 Å². The summed E-state index contributed by atoms with van der Waals surface area (Å²) in [6.07, 6.45) is 40.4. The molecule has 1 atom stereocenters. The predicted octanol–water partition coefficient (Wildman–Crippen LogP) is 13.1. The highest BCUT2D eigenvalue weighted by Gasteiger charge is 2.05. The summed E-state index contributed by atoms with van der Waals surface area (Å²) < 4.78 is 5.69. The van der Waals surface area contributed by atoms with Crippen LogP contribution in [0.4, 0.5) is 0 Å². The van der Waals surface area contributed by atoms with Crippen LogP contribution in [0, 0.1) is 6.92 Å². The van der Waals surface area contributed by atoms with Crippen LogP contribution >= 0.6 is 0 Å². The summed E-state index contributed by atoms with van der Waals surface area (Å²) in [5, 5.41) is 10.1. The second-order valence-corrected chi connectivity index (χ2v) is 13.1. The van der Waals surface area contributed by atoms with Crippen molar-refractivity contribution in [1.29, 1.82) is 0 Å². The molecule has 2 heteroatoms. The third-order valence-electron chi connectivity index (χ3n) is 8.85. The molecular formula is C39H72O2. The highest BCUT2D eigenvalue weighted by Crippen LogP contribution is 2.17. The van der Waals surface area contributed by atoms with E-state index in [0.717, 1.165) is 18.6 Å². The number of hydrogen-bond donors (Lipinski definition) is 1. The lowest BCUT2D eigenvalue weighted by atomic mass is 10.0. The van der Waals surface area contributed by atoms with Crippen LogP contribution in [0.5, 0.6) is 5.75 Å². The number of ether oxygens (including phenoxy) is 1. The minimum absolute atomic E-state index is 0.347. The van der Waals surface area contributed by atoms with Crippen molar-refractivity contribution in [3.8, 4) is 5.75 Å². The molecule has 0 radical (unpaired) electrons. The summed E-state index contributed by atoms with van der Waals surface area (Å²) in [7, 11) is 0. The van der Waals surface area contributed by atoms with E-state index in [4.69, 9.17) is 4.74 Å². The lowest BCUT2D eigenvalue weighted by molar-refractivity contribution is 0.0975. The first-order chi connectivity index (χ1) is 20.2. The van der Waals surface area contributed by atoms with Crippen molar-refractivity contribution in [1.82, 2.24) is 0 Å². The molecule has 1 aromatic rings. The van der Waals surface area contributed by atoms with Crippen LogP contribution in [0.3, 0.4) is 0 Å². The molecule has 0 aromatic heterocycles. The fraction of sp³-hybridized carbons (Fsp3) is 0.846. The minimum atomic E-state index is -0.347. The van der Waals surface area contributed by atoms with Crippen molar-refractivity contribution in [3.05, 3.63) is 29.8 Å². The Morgan fingerprint density at radius 2 is 0.756 bits per heavy atom. The first-order valence-electron chi connectivity index (χ1n) is 18.6. The van der Waals surface area contributed by atoms with Gasteiger partial charge in [0.2, 0.25) is 0 Å². The smallest absolute Gasteiger partial charge is 0.119 e. The molecule has 0 saturated carbocycles. The number of rotatable bonds is 32. The maximum atomic E-state index is 10.1. The number of aryl methyl sites for hydroxylation is 1. The average Bonchev–Trinajstić information content (AvgIpc) is 2.98. The average molecular weight is 573 g/mol. The molecule has 41 heavy (non-hydrogen) atoms. The quantitative estimate of drug-likeness (QED) is 0.0870. The number of unbranched alkanes of at least 4 members (excludes halogenated alkanes) is 27. The van der Waals surface area contributed by atoms with Crippen molar-refractivity contribution >= 4 is 0 Å². The maximum absolute atomic E-state index is 10.1. The van der Waals surface area contributed by atoms with Crippen LogP contribution in [0.1, 0.15) is 199 Å². The van der Waals surface area contributed by atoms with Crippen LogP contribution in [-0.2, 0) is 0 Å². The standard InChI is InChI=1S/C39H72O2/c1-3-4-5-6-7-8-9-10-11-12-13-14-15-16-17-18-19-20-21-22-23-24-25-26-27-28-29-30-31-38(40)36-41-39-34-32-37(2)33-35-39/h32-35,38,40H,3-31,36H2,1-2H3. The summed E-state index contributed by atoms with van der Waals surface area (Å²) in [5.74, 6) is 0.852. The van der Waals surface area contributed by atoms with E-state index in [0.29, 0.717) is 6.61 Å². The van der Waals surface area contributed by atoms with Crippen molar-refractivity contribution in [2.45, 2.75) is 206 Å². The summed E-state index contributed by atoms with van der Waals surface area (Å²) in [6.45, 7) is 4.78. The molecule has 0 aliphatic carbocycles. The highest BCUT2D eigenvalue weighted by atomic mass is 16.5. The Labute approximate surface area is 257 Å². The first kappa shape index (κ1) is 38.0. The molecule has 0 bridgehead atoms. The van der Waals surface area contributed by atoms with Crippen molar-refractivity contribution < 1.29 is 9.84 Å². The molecule has 0 heterocycles. The summed E-state index contributed by atoms with van der Waals surface area (Å²) >= 11 is 0. The highest BCUT2D eigenvalue weighted by molar-refractivity contribution is 5.26. The second-order valence-electron chi connectivity index (χ2n) is 13.1. The Hall–Kier alpha value is -1.02. The number of benzene rings is 1. The molecule has 0 amide bonds. The number of aliphatic hydroxyl groups is 1. The number of aliphatic hydroxyl groups excluding tert-OH is 1. The number of hydrogen-bond acceptors (Lipinski definition) is 2. The first-order valence-corrected chi connectivity index (χ1v) is 18.6.